The first kappa shape index (κ1) is 22.8. The second-order valence-electron chi connectivity index (χ2n) is 8.71. The van der Waals surface area contributed by atoms with Gasteiger partial charge in [0.15, 0.2) is 0 Å². The molecule has 3 aromatic rings. The van der Waals surface area contributed by atoms with Crippen LogP contribution in [0.1, 0.15) is 60.9 Å². The first-order valence-corrected chi connectivity index (χ1v) is 10.8. The molecule has 1 aromatic carbocycles. The van der Waals surface area contributed by atoms with Crippen molar-refractivity contribution in [3.63, 3.8) is 0 Å². The molecular formula is C25H26F2N4O2. The van der Waals surface area contributed by atoms with Crippen molar-refractivity contribution in [3.8, 4) is 11.1 Å². The Bertz CT molecular complexity index is 1220. The summed E-state index contributed by atoms with van der Waals surface area (Å²) in [7, 11) is 0. The number of anilines is 1. The van der Waals surface area contributed by atoms with Gasteiger partial charge in [-0.3, -0.25) is 9.78 Å². The molecule has 0 unspecified atom stereocenters. The van der Waals surface area contributed by atoms with Crippen LogP contribution in [0.4, 0.5) is 14.6 Å². The number of carbonyl (C=O) groups is 1. The predicted molar refractivity (Wildman–Crippen MR) is 122 cm³/mol. The summed E-state index contributed by atoms with van der Waals surface area (Å²) in [4.78, 5) is 22.6. The van der Waals surface area contributed by atoms with Gasteiger partial charge >= 0.3 is 0 Å². The molecule has 2 N–H and O–H groups in total. The normalized spacial score (nSPS) is 14.4. The molecule has 0 bridgehead atoms. The zero-order chi connectivity index (χ0) is 23.9. The van der Waals surface area contributed by atoms with Crippen LogP contribution >= 0.6 is 0 Å². The van der Waals surface area contributed by atoms with E-state index in [0.29, 0.717) is 35.7 Å². The third-order valence-electron chi connectivity index (χ3n) is 5.91. The zero-order valence-corrected chi connectivity index (χ0v) is 19.0. The van der Waals surface area contributed by atoms with Gasteiger partial charge in [-0.15, -0.1) is 0 Å². The number of hydrogen-bond acceptors (Lipinski definition) is 5. The summed E-state index contributed by atoms with van der Waals surface area (Å²) >= 11 is 0. The topological polar surface area (TPSA) is 78.3 Å². The van der Waals surface area contributed by atoms with Crippen molar-refractivity contribution in [1.29, 1.82) is 0 Å². The fourth-order valence-corrected chi connectivity index (χ4v) is 4.00. The minimum atomic E-state index is -1.21. The minimum Gasteiger partial charge on any atom is -0.384 e. The van der Waals surface area contributed by atoms with Crippen LogP contribution < -0.4 is 5.32 Å². The molecule has 1 atom stereocenters. The van der Waals surface area contributed by atoms with E-state index in [1.54, 1.807) is 43.9 Å². The molecule has 0 fully saturated rings. The maximum atomic E-state index is 15.1. The SMILES string of the molecule is CCN1Cc2c(ccnc2N[C@@H](C)c2cc(F)c(-c3ccnc(C(C)(C)O)c3)cc2F)C1=O. The van der Waals surface area contributed by atoms with Crippen LogP contribution in [0.3, 0.4) is 0 Å². The largest absolute Gasteiger partial charge is 0.384 e. The van der Waals surface area contributed by atoms with E-state index in [9.17, 15) is 9.90 Å². The molecule has 0 saturated heterocycles. The Morgan fingerprint density at radius 1 is 1.12 bits per heavy atom. The molecule has 1 amide bonds. The summed E-state index contributed by atoms with van der Waals surface area (Å²) in [6, 6.07) is 6.52. The zero-order valence-electron chi connectivity index (χ0n) is 19.0. The lowest BCUT2D eigenvalue weighted by atomic mass is 9.97. The fraction of sp³-hybridized carbons (Fsp3) is 0.320. The van der Waals surface area contributed by atoms with Crippen LogP contribution in [0, 0.1) is 11.6 Å². The Morgan fingerprint density at radius 3 is 2.55 bits per heavy atom. The Kier molecular flexibility index (Phi) is 5.88. The van der Waals surface area contributed by atoms with Crippen LogP contribution in [0.15, 0.2) is 42.7 Å². The molecule has 2 aromatic heterocycles. The monoisotopic (exact) mass is 452 g/mol. The molecule has 4 rings (SSSR count). The molecule has 1 aliphatic heterocycles. The van der Waals surface area contributed by atoms with E-state index in [1.807, 2.05) is 6.92 Å². The molecule has 33 heavy (non-hydrogen) atoms. The number of halogens is 2. The third kappa shape index (κ3) is 4.30. The van der Waals surface area contributed by atoms with E-state index in [-0.39, 0.29) is 17.0 Å². The molecule has 172 valence electrons. The standard InChI is InChI=1S/C25H26F2N4O2/c1-5-31-13-19-16(24(31)32)7-9-29-23(19)30-14(2)17-11-21(27)18(12-20(17)26)15-6-8-28-22(10-15)25(3,4)33/h6-12,14,33H,5,13H2,1-4H3,(H,29,30)/t14-/m0/s1. The van der Waals surface area contributed by atoms with Crippen LogP contribution in [0.2, 0.25) is 0 Å². The van der Waals surface area contributed by atoms with Crippen molar-refractivity contribution in [1.82, 2.24) is 14.9 Å². The summed E-state index contributed by atoms with van der Waals surface area (Å²) in [5.74, 6) is -0.745. The van der Waals surface area contributed by atoms with Crippen LogP contribution in [-0.4, -0.2) is 32.4 Å². The maximum Gasteiger partial charge on any atom is 0.254 e. The van der Waals surface area contributed by atoms with E-state index in [1.165, 1.54) is 18.5 Å². The smallest absolute Gasteiger partial charge is 0.254 e. The Labute approximate surface area is 191 Å². The molecule has 8 heteroatoms. The van der Waals surface area contributed by atoms with Crippen molar-refractivity contribution in [2.24, 2.45) is 0 Å². The molecule has 0 spiro atoms. The maximum absolute atomic E-state index is 15.1. The number of rotatable bonds is 6. The summed E-state index contributed by atoms with van der Waals surface area (Å²) in [5.41, 5.74) is 1.13. The molecule has 6 nitrogen and oxygen atoms in total. The molecular weight excluding hydrogens is 426 g/mol. The van der Waals surface area contributed by atoms with Crippen molar-refractivity contribution < 1.29 is 18.7 Å². The van der Waals surface area contributed by atoms with Crippen molar-refractivity contribution in [3.05, 3.63) is 76.7 Å². The lowest BCUT2D eigenvalue weighted by molar-refractivity contribution is 0.0738. The summed E-state index contributed by atoms with van der Waals surface area (Å²) in [6.07, 6.45) is 3.00. The average Bonchev–Trinajstić information content (AvgIpc) is 3.11. The number of hydrogen-bond donors (Lipinski definition) is 2. The van der Waals surface area contributed by atoms with Gasteiger partial charge in [0.05, 0.1) is 18.3 Å². The van der Waals surface area contributed by atoms with Crippen LogP contribution in [0.25, 0.3) is 11.1 Å². The first-order chi connectivity index (χ1) is 15.6. The van der Waals surface area contributed by atoms with Crippen LogP contribution in [0.5, 0.6) is 0 Å². The van der Waals surface area contributed by atoms with Gasteiger partial charge < -0.3 is 15.3 Å². The van der Waals surface area contributed by atoms with Gasteiger partial charge in [0.25, 0.3) is 5.91 Å². The number of fused-ring (bicyclic) bond motifs is 1. The third-order valence-corrected chi connectivity index (χ3v) is 5.91. The van der Waals surface area contributed by atoms with Crippen molar-refractivity contribution in [2.45, 2.75) is 45.9 Å². The Hall–Kier alpha value is -3.39. The molecule has 0 saturated carbocycles. The molecule has 0 aliphatic carbocycles. The number of benzene rings is 1. The Morgan fingerprint density at radius 2 is 1.85 bits per heavy atom. The van der Waals surface area contributed by atoms with E-state index >= 15 is 8.78 Å². The summed E-state index contributed by atoms with van der Waals surface area (Å²) in [5, 5.41) is 13.3. The number of aliphatic hydroxyl groups is 1. The lowest BCUT2D eigenvalue weighted by Gasteiger charge is -2.19. The van der Waals surface area contributed by atoms with Gasteiger partial charge in [0, 0.05) is 41.2 Å². The van der Waals surface area contributed by atoms with Gasteiger partial charge in [-0.25, -0.2) is 13.8 Å². The molecule has 3 heterocycles. The van der Waals surface area contributed by atoms with Crippen LogP contribution in [-0.2, 0) is 12.1 Å². The lowest BCUT2D eigenvalue weighted by Crippen LogP contribution is -2.22. The Balaban J connectivity index is 1.64. The van der Waals surface area contributed by atoms with E-state index < -0.39 is 23.3 Å². The number of amides is 1. The van der Waals surface area contributed by atoms with Gasteiger partial charge in [0.2, 0.25) is 0 Å². The van der Waals surface area contributed by atoms with E-state index in [4.69, 9.17) is 0 Å². The molecule has 0 radical (unpaired) electrons. The van der Waals surface area contributed by atoms with Gasteiger partial charge in [-0.05, 0) is 63.6 Å². The predicted octanol–water partition coefficient (Wildman–Crippen LogP) is 4.80. The summed E-state index contributed by atoms with van der Waals surface area (Å²) in [6.45, 7) is 7.77. The number of carbonyl (C=O) groups excluding carboxylic acids is 1. The number of nitrogens with zero attached hydrogens (tertiary/aromatic N) is 3. The summed E-state index contributed by atoms with van der Waals surface area (Å²) < 4.78 is 30.2. The van der Waals surface area contributed by atoms with Crippen molar-refractivity contribution >= 4 is 11.7 Å². The van der Waals surface area contributed by atoms with Crippen molar-refractivity contribution in [2.75, 3.05) is 11.9 Å². The number of pyridine rings is 2. The number of nitrogens with one attached hydrogen (secondary N) is 1. The quantitative estimate of drug-likeness (QED) is 0.562. The highest BCUT2D eigenvalue weighted by Gasteiger charge is 2.29. The van der Waals surface area contributed by atoms with E-state index in [0.717, 1.165) is 11.6 Å². The highest BCUT2D eigenvalue weighted by Crippen LogP contribution is 2.33. The fourth-order valence-electron chi connectivity index (χ4n) is 4.00. The molecule has 1 aliphatic rings. The number of aromatic nitrogens is 2. The minimum absolute atomic E-state index is 0.0602. The van der Waals surface area contributed by atoms with Gasteiger partial charge in [-0.1, -0.05) is 0 Å². The highest BCUT2D eigenvalue weighted by molar-refractivity contribution is 5.99. The second-order valence-corrected chi connectivity index (χ2v) is 8.71. The van der Waals surface area contributed by atoms with E-state index in [2.05, 4.69) is 15.3 Å². The second kappa shape index (κ2) is 8.51. The highest BCUT2D eigenvalue weighted by atomic mass is 19.1. The van der Waals surface area contributed by atoms with Gasteiger partial charge in [0.1, 0.15) is 23.1 Å². The average molecular weight is 453 g/mol. The first-order valence-electron chi connectivity index (χ1n) is 10.8. The van der Waals surface area contributed by atoms with Gasteiger partial charge in [-0.2, -0.15) is 0 Å².